The summed E-state index contributed by atoms with van der Waals surface area (Å²) in [6.07, 6.45) is 5.81. The highest BCUT2D eigenvalue weighted by Crippen LogP contribution is 2.20. The molecule has 0 heterocycles. The van der Waals surface area contributed by atoms with Crippen molar-refractivity contribution in [2.45, 2.75) is 52.0 Å². The first kappa shape index (κ1) is 16.2. The zero-order valence-electron chi connectivity index (χ0n) is 12.7. The fraction of sp³-hybridized carbons (Fsp3) is 0.647. The number of nitrogens with one attached hydrogen (secondary N) is 1. The molecule has 1 aromatic carbocycles. The van der Waals surface area contributed by atoms with Crippen LogP contribution in [-0.2, 0) is 11.2 Å². The molecule has 0 fully saturated rings. The van der Waals surface area contributed by atoms with Gasteiger partial charge in [0.25, 0.3) is 0 Å². The van der Waals surface area contributed by atoms with Crippen LogP contribution < -0.4 is 5.32 Å². The van der Waals surface area contributed by atoms with Gasteiger partial charge in [0.15, 0.2) is 0 Å². The Balaban J connectivity index is 2.68. The number of hydrogen-bond acceptors (Lipinski definition) is 2. The Labute approximate surface area is 118 Å². The number of rotatable bonds is 10. The Hall–Kier alpha value is -0.860. The summed E-state index contributed by atoms with van der Waals surface area (Å²) in [6.45, 7) is 6.37. The number of hydrogen-bond donors (Lipinski definition) is 1. The fourth-order valence-electron chi connectivity index (χ4n) is 2.39. The lowest BCUT2D eigenvalue weighted by Crippen LogP contribution is -2.22. The van der Waals surface area contributed by atoms with Gasteiger partial charge in [-0.15, -0.1) is 0 Å². The minimum Gasteiger partial charge on any atom is -0.385 e. The topological polar surface area (TPSA) is 21.3 Å². The third-order valence-corrected chi connectivity index (χ3v) is 3.37. The van der Waals surface area contributed by atoms with Crippen LogP contribution in [0.15, 0.2) is 24.3 Å². The van der Waals surface area contributed by atoms with Gasteiger partial charge < -0.3 is 10.1 Å². The van der Waals surface area contributed by atoms with Crippen LogP contribution in [0.1, 0.15) is 56.7 Å². The fourth-order valence-corrected chi connectivity index (χ4v) is 2.39. The third-order valence-electron chi connectivity index (χ3n) is 3.37. The molecular formula is C17H29NO. The lowest BCUT2D eigenvalue weighted by molar-refractivity contribution is 0.188. The minimum atomic E-state index is 0.465. The van der Waals surface area contributed by atoms with Crippen molar-refractivity contribution in [2.75, 3.05) is 20.3 Å². The summed E-state index contributed by atoms with van der Waals surface area (Å²) in [5, 5.41) is 3.66. The van der Waals surface area contributed by atoms with Crippen molar-refractivity contribution in [1.82, 2.24) is 5.32 Å². The van der Waals surface area contributed by atoms with E-state index >= 15 is 0 Å². The molecule has 1 rings (SSSR count). The molecule has 1 atom stereocenters. The highest BCUT2D eigenvalue weighted by molar-refractivity contribution is 5.26. The largest absolute Gasteiger partial charge is 0.385 e. The molecule has 0 radical (unpaired) electrons. The Kier molecular flexibility index (Phi) is 8.52. The molecular weight excluding hydrogens is 234 g/mol. The predicted octanol–water partition coefficient (Wildman–Crippen LogP) is 4.11. The monoisotopic (exact) mass is 263 g/mol. The van der Waals surface area contributed by atoms with E-state index in [1.807, 2.05) is 0 Å². The quantitative estimate of drug-likeness (QED) is 0.642. The second-order valence-electron chi connectivity index (χ2n) is 5.14. The average molecular weight is 263 g/mol. The molecule has 0 aliphatic heterocycles. The van der Waals surface area contributed by atoms with Crippen molar-refractivity contribution in [3.05, 3.63) is 35.4 Å². The lowest BCUT2D eigenvalue weighted by atomic mass is 9.98. The van der Waals surface area contributed by atoms with E-state index in [1.165, 1.54) is 30.4 Å². The Morgan fingerprint density at radius 1 is 1.21 bits per heavy atom. The maximum absolute atomic E-state index is 5.17. The summed E-state index contributed by atoms with van der Waals surface area (Å²) < 4.78 is 5.17. The zero-order valence-corrected chi connectivity index (χ0v) is 12.7. The molecule has 108 valence electrons. The van der Waals surface area contributed by atoms with Crippen LogP contribution in [0.2, 0.25) is 0 Å². The summed E-state index contributed by atoms with van der Waals surface area (Å²) in [5.74, 6) is 0. The van der Waals surface area contributed by atoms with Crippen LogP contribution >= 0.6 is 0 Å². The van der Waals surface area contributed by atoms with Gasteiger partial charge in [0, 0.05) is 19.8 Å². The van der Waals surface area contributed by atoms with E-state index in [9.17, 15) is 0 Å². The van der Waals surface area contributed by atoms with Crippen LogP contribution in [0.4, 0.5) is 0 Å². The molecule has 0 spiro atoms. The summed E-state index contributed by atoms with van der Waals surface area (Å²) in [4.78, 5) is 0. The zero-order chi connectivity index (χ0) is 13.9. The molecule has 19 heavy (non-hydrogen) atoms. The van der Waals surface area contributed by atoms with Crippen LogP contribution in [-0.4, -0.2) is 20.3 Å². The highest BCUT2D eigenvalue weighted by atomic mass is 16.5. The molecule has 1 N–H and O–H groups in total. The van der Waals surface area contributed by atoms with Gasteiger partial charge >= 0.3 is 0 Å². The smallest absolute Gasteiger partial charge is 0.0462 e. The van der Waals surface area contributed by atoms with E-state index in [0.29, 0.717) is 6.04 Å². The molecule has 1 aromatic rings. The van der Waals surface area contributed by atoms with Gasteiger partial charge in [-0.2, -0.15) is 0 Å². The molecule has 0 aromatic heterocycles. The van der Waals surface area contributed by atoms with Crippen molar-refractivity contribution in [3.8, 4) is 0 Å². The number of ether oxygens (including phenoxy) is 1. The van der Waals surface area contributed by atoms with E-state index in [-0.39, 0.29) is 0 Å². The highest BCUT2D eigenvalue weighted by Gasteiger charge is 2.10. The van der Waals surface area contributed by atoms with Gasteiger partial charge in [-0.05, 0) is 43.4 Å². The van der Waals surface area contributed by atoms with Crippen molar-refractivity contribution in [2.24, 2.45) is 0 Å². The maximum Gasteiger partial charge on any atom is 0.0462 e. The maximum atomic E-state index is 5.17. The second-order valence-corrected chi connectivity index (χ2v) is 5.14. The minimum absolute atomic E-state index is 0.465. The Morgan fingerprint density at radius 2 is 2.05 bits per heavy atom. The van der Waals surface area contributed by atoms with Crippen LogP contribution in [0.25, 0.3) is 0 Å². The molecule has 1 unspecified atom stereocenters. The van der Waals surface area contributed by atoms with E-state index in [2.05, 4.69) is 43.4 Å². The Morgan fingerprint density at radius 3 is 2.74 bits per heavy atom. The van der Waals surface area contributed by atoms with E-state index < -0.39 is 0 Å². The molecule has 2 nitrogen and oxygen atoms in total. The molecule has 0 bridgehead atoms. The molecule has 0 saturated heterocycles. The van der Waals surface area contributed by atoms with E-state index in [1.54, 1.807) is 7.11 Å². The van der Waals surface area contributed by atoms with Crippen LogP contribution in [0.3, 0.4) is 0 Å². The number of methoxy groups -OCH3 is 1. The summed E-state index contributed by atoms with van der Waals surface area (Å²) in [6, 6.07) is 9.51. The molecule has 0 saturated carbocycles. The Bertz CT molecular complexity index is 338. The van der Waals surface area contributed by atoms with Gasteiger partial charge in [-0.3, -0.25) is 0 Å². The standard InChI is InChI=1S/C17H29NO/c1-4-8-15-9-6-10-16(14-15)17(18-12-5-2)11-7-13-19-3/h6,9-10,14,17-18H,4-5,7-8,11-13H2,1-3H3. The predicted molar refractivity (Wildman–Crippen MR) is 82.6 cm³/mol. The van der Waals surface area contributed by atoms with Gasteiger partial charge in [0.2, 0.25) is 0 Å². The van der Waals surface area contributed by atoms with Crippen LogP contribution in [0.5, 0.6) is 0 Å². The molecule has 0 aliphatic carbocycles. The summed E-state index contributed by atoms with van der Waals surface area (Å²) >= 11 is 0. The second kappa shape index (κ2) is 9.99. The first-order chi connectivity index (χ1) is 9.31. The number of aryl methyl sites for hydroxylation is 1. The third kappa shape index (κ3) is 6.22. The summed E-state index contributed by atoms with van der Waals surface area (Å²) in [7, 11) is 1.77. The van der Waals surface area contributed by atoms with Crippen molar-refractivity contribution < 1.29 is 4.74 Å². The van der Waals surface area contributed by atoms with Crippen molar-refractivity contribution >= 4 is 0 Å². The van der Waals surface area contributed by atoms with Crippen LogP contribution in [0, 0.1) is 0 Å². The average Bonchev–Trinajstić information content (AvgIpc) is 2.43. The van der Waals surface area contributed by atoms with Gasteiger partial charge in [0.05, 0.1) is 0 Å². The molecule has 0 aliphatic rings. The van der Waals surface area contributed by atoms with Gasteiger partial charge in [-0.1, -0.05) is 44.5 Å². The van der Waals surface area contributed by atoms with Crippen molar-refractivity contribution in [3.63, 3.8) is 0 Å². The van der Waals surface area contributed by atoms with E-state index in [4.69, 9.17) is 4.74 Å². The van der Waals surface area contributed by atoms with E-state index in [0.717, 1.165) is 26.0 Å². The van der Waals surface area contributed by atoms with Crippen molar-refractivity contribution in [1.29, 1.82) is 0 Å². The SMILES string of the molecule is CCCNC(CCCOC)c1cccc(CCC)c1. The number of benzene rings is 1. The first-order valence-electron chi connectivity index (χ1n) is 7.63. The first-order valence-corrected chi connectivity index (χ1v) is 7.63. The molecule has 2 heteroatoms. The lowest BCUT2D eigenvalue weighted by Gasteiger charge is -2.19. The normalized spacial score (nSPS) is 12.6. The van der Waals surface area contributed by atoms with Gasteiger partial charge in [0.1, 0.15) is 0 Å². The molecule has 0 amide bonds. The summed E-state index contributed by atoms with van der Waals surface area (Å²) in [5.41, 5.74) is 2.88. The van der Waals surface area contributed by atoms with Gasteiger partial charge in [-0.25, -0.2) is 0 Å².